The number of aromatic nitrogens is 5. The van der Waals surface area contributed by atoms with Crippen LogP contribution in [0.25, 0.3) is 33.5 Å². The van der Waals surface area contributed by atoms with Crippen molar-refractivity contribution in [2.45, 2.75) is 0 Å². The van der Waals surface area contributed by atoms with E-state index in [1.165, 1.54) is 0 Å². The van der Waals surface area contributed by atoms with Crippen LogP contribution in [-0.4, -0.2) is 24.9 Å². The number of fused-ring (bicyclic) bond motifs is 1. The fourth-order valence-electron chi connectivity index (χ4n) is 2.53. The Balaban J connectivity index is 2.00. The molecule has 0 aliphatic carbocycles. The lowest BCUT2D eigenvalue weighted by Crippen LogP contribution is -2.03. The molecule has 3 aromatic heterocycles. The maximum Gasteiger partial charge on any atom is 0.183 e. The van der Waals surface area contributed by atoms with Gasteiger partial charge in [0, 0.05) is 17.1 Å². The van der Waals surface area contributed by atoms with Crippen molar-refractivity contribution in [3.63, 3.8) is 0 Å². The quantitative estimate of drug-likeness (QED) is 0.587. The van der Waals surface area contributed by atoms with Gasteiger partial charge in [-0.05, 0) is 18.2 Å². The van der Waals surface area contributed by atoms with Gasteiger partial charge in [0.1, 0.15) is 11.8 Å². The zero-order valence-electron chi connectivity index (χ0n) is 12.4. The van der Waals surface area contributed by atoms with Gasteiger partial charge in [0.2, 0.25) is 0 Å². The summed E-state index contributed by atoms with van der Waals surface area (Å²) >= 11 is 0. The Labute approximate surface area is 136 Å². The van der Waals surface area contributed by atoms with Crippen molar-refractivity contribution in [2.75, 3.05) is 5.73 Å². The Kier molecular flexibility index (Phi) is 3.14. The number of nitrogen functional groups attached to an aromatic ring is 1. The number of H-pyrrole nitrogens is 1. The van der Waals surface area contributed by atoms with Gasteiger partial charge in [-0.3, -0.25) is 4.98 Å². The second-order valence-corrected chi connectivity index (χ2v) is 5.14. The van der Waals surface area contributed by atoms with Gasteiger partial charge in [-0.15, -0.1) is 0 Å². The molecule has 7 heteroatoms. The van der Waals surface area contributed by atoms with E-state index in [2.05, 4.69) is 24.9 Å². The van der Waals surface area contributed by atoms with Crippen molar-refractivity contribution in [3.05, 3.63) is 54.7 Å². The zero-order valence-corrected chi connectivity index (χ0v) is 12.4. The minimum absolute atomic E-state index is 0.0910. The predicted molar refractivity (Wildman–Crippen MR) is 89.5 cm³/mol. The first-order chi connectivity index (χ1) is 11.8. The number of aromatic amines is 1. The van der Waals surface area contributed by atoms with Crippen LogP contribution in [0, 0.1) is 11.3 Å². The van der Waals surface area contributed by atoms with E-state index < -0.39 is 0 Å². The molecule has 114 valence electrons. The summed E-state index contributed by atoms with van der Waals surface area (Å²) in [6, 6.07) is 11.6. The first-order valence-electron chi connectivity index (χ1n) is 7.18. The van der Waals surface area contributed by atoms with Crippen LogP contribution < -0.4 is 5.73 Å². The van der Waals surface area contributed by atoms with Crippen molar-refractivity contribution in [3.8, 4) is 28.7 Å². The van der Waals surface area contributed by atoms with Crippen LogP contribution in [0.1, 0.15) is 5.69 Å². The molecule has 4 aromatic rings. The lowest BCUT2D eigenvalue weighted by molar-refractivity contribution is 1.17. The zero-order chi connectivity index (χ0) is 16.5. The molecule has 1 aromatic carbocycles. The van der Waals surface area contributed by atoms with Crippen LogP contribution in [0.15, 0.2) is 49.1 Å². The maximum absolute atomic E-state index is 9.22. The molecule has 0 spiro atoms. The van der Waals surface area contributed by atoms with Crippen molar-refractivity contribution in [2.24, 2.45) is 0 Å². The summed E-state index contributed by atoms with van der Waals surface area (Å²) in [5.74, 6) is 0.0910. The molecule has 3 heterocycles. The van der Waals surface area contributed by atoms with Crippen LogP contribution in [0.4, 0.5) is 5.82 Å². The topological polar surface area (TPSA) is 117 Å². The normalized spacial score (nSPS) is 10.6. The number of rotatable bonds is 2. The lowest BCUT2D eigenvalue weighted by atomic mass is 10.0. The van der Waals surface area contributed by atoms with E-state index in [4.69, 9.17) is 5.73 Å². The smallest absolute Gasteiger partial charge is 0.183 e. The molecule has 24 heavy (non-hydrogen) atoms. The number of hydrogen-bond acceptors (Lipinski definition) is 6. The lowest BCUT2D eigenvalue weighted by Gasteiger charge is -2.09. The van der Waals surface area contributed by atoms with Gasteiger partial charge in [-0.1, -0.05) is 12.1 Å². The molecule has 0 aliphatic rings. The standard InChI is InChI=1S/C17H11N7/c18-7-13-17(19)24-16(14-8-20-9-22-14)15(23-13)11-3-4-12-10(6-11)2-1-5-21-12/h1-6,8-9H,(H2,19,24)(H,20,22). The number of nitrogens with two attached hydrogens (primary N) is 1. The van der Waals surface area contributed by atoms with E-state index in [9.17, 15) is 5.26 Å². The Morgan fingerprint density at radius 1 is 1.12 bits per heavy atom. The van der Waals surface area contributed by atoms with E-state index in [1.54, 1.807) is 18.7 Å². The molecule has 0 saturated carbocycles. The molecule has 0 fully saturated rings. The van der Waals surface area contributed by atoms with Crippen LogP contribution in [0.3, 0.4) is 0 Å². The van der Waals surface area contributed by atoms with Crippen molar-refractivity contribution < 1.29 is 0 Å². The highest BCUT2D eigenvalue weighted by atomic mass is 15.0. The van der Waals surface area contributed by atoms with Gasteiger partial charge in [-0.25, -0.2) is 15.0 Å². The number of hydrogen-bond donors (Lipinski definition) is 2. The summed E-state index contributed by atoms with van der Waals surface area (Å²) in [5, 5.41) is 10.2. The first kappa shape index (κ1) is 13.8. The van der Waals surface area contributed by atoms with Crippen LogP contribution in [-0.2, 0) is 0 Å². The van der Waals surface area contributed by atoms with Crippen molar-refractivity contribution in [1.82, 2.24) is 24.9 Å². The molecule has 0 unspecified atom stereocenters. The summed E-state index contributed by atoms with van der Waals surface area (Å²) in [6.07, 6.45) is 4.94. The summed E-state index contributed by atoms with van der Waals surface area (Å²) in [7, 11) is 0. The highest BCUT2D eigenvalue weighted by Crippen LogP contribution is 2.30. The fraction of sp³-hybridized carbons (Fsp3) is 0. The van der Waals surface area contributed by atoms with Crippen molar-refractivity contribution in [1.29, 1.82) is 5.26 Å². The number of imidazole rings is 1. The molecule has 7 nitrogen and oxygen atoms in total. The molecule has 0 bridgehead atoms. The van der Waals surface area contributed by atoms with Crippen LogP contribution >= 0.6 is 0 Å². The van der Waals surface area contributed by atoms with Crippen LogP contribution in [0.2, 0.25) is 0 Å². The second-order valence-electron chi connectivity index (χ2n) is 5.14. The van der Waals surface area contributed by atoms with Gasteiger partial charge < -0.3 is 10.7 Å². The molecule has 0 saturated heterocycles. The average Bonchev–Trinajstić information content (AvgIpc) is 3.15. The molecular formula is C17H11N7. The van der Waals surface area contributed by atoms with E-state index >= 15 is 0 Å². The fourth-order valence-corrected chi connectivity index (χ4v) is 2.53. The molecule has 0 atom stereocenters. The molecule has 0 radical (unpaired) electrons. The maximum atomic E-state index is 9.22. The Hall–Kier alpha value is -3.79. The summed E-state index contributed by atoms with van der Waals surface area (Å²) in [6.45, 7) is 0. The third-order valence-electron chi connectivity index (χ3n) is 3.66. The summed E-state index contributed by atoms with van der Waals surface area (Å²) < 4.78 is 0. The van der Waals surface area contributed by atoms with Gasteiger partial charge in [0.25, 0.3) is 0 Å². The monoisotopic (exact) mass is 313 g/mol. The van der Waals surface area contributed by atoms with Crippen LogP contribution in [0.5, 0.6) is 0 Å². The highest BCUT2D eigenvalue weighted by molar-refractivity contribution is 5.87. The first-order valence-corrected chi connectivity index (χ1v) is 7.18. The SMILES string of the molecule is N#Cc1nc(-c2ccc3ncccc3c2)c(-c2cnc[nH]2)nc1N. The highest BCUT2D eigenvalue weighted by Gasteiger charge is 2.16. The number of nitriles is 1. The Morgan fingerprint density at radius 2 is 2.04 bits per heavy atom. The molecule has 3 N–H and O–H groups in total. The minimum atomic E-state index is 0.0910. The van der Waals surface area contributed by atoms with Gasteiger partial charge >= 0.3 is 0 Å². The van der Waals surface area contributed by atoms with E-state index in [0.29, 0.717) is 17.1 Å². The van der Waals surface area contributed by atoms with E-state index in [-0.39, 0.29) is 11.5 Å². The number of benzene rings is 1. The average molecular weight is 313 g/mol. The summed E-state index contributed by atoms with van der Waals surface area (Å²) in [5.41, 5.74) is 9.43. The second kappa shape index (κ2) is 5.44. The predicted octanol–water partition coefficient (Wildman–Crippen LogP) is 2.54. The molecule has 0 aliphatic heterocycles. The number of nitrogens with zero attached hydrogens (tertiary/aromatic N) is 5. The number of anilines is 1. The van der Waals surface area contributed by atoms with E-state index in [0.717, 1.165) is 16.5 Å². The Bertz CT molecular complexity index is 1080. The molecular weight excluding hydrogens is 302 g/mol. The van der Waals surface area contributed by atoms with Crippen molar-refractivity contribution >= 4 is 16.7 Å². The number of pyridine rings is 1. The number of nitrogens with one attached hydrogen (secondary N) is 1. The Morgan fingerprint density at radius 3 is 2.83 bits per heavy atom. The van der Waals surface area contributed by atoms with Gasteiger partial charge in [0.05, 0.1) is 29.4 Å². The van der Waals surface area contributed by atoms with Gasteiger partial charge in [-0.2, -0.15) is 5.26 Å². The van der Waals surface area contributed by atoms with E-state index in [1.807, 2.05) is 36.4 Å². The minimum Gasteiger partial charge on any atom is -0.381 e. The largest absolute Gasteiger partial charge is 0.381 e. The molecule has 0 amide bonds. The third kappa shape index (κ3) is 2.23. The third-order valence-corrected chi connectivity index (χ3v) is 3.66. The van der Waals surface area contributed by atoms with Gasteiger partial charge in [0.15, 0.2) is 11.5 Å². The molecule has 4 rings (SSSR count). The summed E-state index contributed by atoms with van der Waals surface area (Å²) in [4.78, 5) is 20.1.